The Morgan fingerprint density at radius 1 is 1.03 bits per heavy atom. The van der Waals surface area contributed by atoms with Crippen LogP contribution in [0.5, 0.6) is 11.5 Å². The van der Waals surface area contributed by atoms with Crippen molar-refractivity contribution in [3.8, 4) is 11.5 Å². The van der Waals surface area contributed by atoms with Crippen molar-refractivity contribution >= 4 is 17.5 Å². The number of nitro groups is 1. The zero-order valence-electron chi connectivity index (χ0n) is 19.0. The van der Waals surface area contributed by atoms with Crippen molar-refractivity contribution in [2.45, 2.75) is 26.2 Å². The van der Waals surface area contributed by atoms with Crippen LogP contribution < -0.4 is 9.47 Å². The number of methoxy groups -OCH3 is 1. The van der Waals surface area contributed by atoms with Crippen LogP contribution in [0.2, 0.25) is 0 Å². The fourth-order valence-corrected chi connectivity index (χ4v) is 3.88. The molecule has 0 spiro atoms. The van der Waals surface area contributed by atoms with E-state index < -0.39 is 10.8 Å². The van der Waals surface area contributed by atoms with Crippen molar-refractivity contribution < 1.29 is 24.0 Å². The third kappa shape index (κ3) is 6.00. The average Bonchev–Trinajstić information content (AvgIpc) is 2.84. The topological polar surface area (TPSA) is 102 Å². The Kier molecular flexibility index (Phi) is 8.23. The first kappa shape index (κ1) is 24.0. The number of carbonyl (C=O) groups is 2. The SMILES string of the molecule is CCOc1cc([N+](=O)[O-])c(C(=O)N2CCN(C(=O)CCCc3ccccc3)CC2)cc1OC. The molecule has 0 aromatic heterocycles. The Bertz CT molecular complexity index is 987. The quantitative estimate of drug-likeness (QED) is 0.425. The Morgan fingerprint density at radius 2 is 1.70 bits per heavy atom. The fraction of sp³-hybridized carbons (Fsp3) is 0.417. The summed E-state index contributed by atoms with van der Waals surface area (Å²) in [5.41, 5.74) is 0.819. The van der Waals surface area contributed by atoms with E-state index in [1.807, 2.05) is 30.3 Å². The first-order chi connectivity index (χ1) is 15.9. The summed E-state index contributed by atoms with van der Waals surface area (Å²) >= 11 is 0. The lowest BCUT2D eigenvalue weighted by molar-refractivity contribution is -0.385. The van der Waals surface area contributed by atoms with Crippen molar-refractivity contribution in [2.24, 2.45) is 0 Å². The maximum atomic E-state index is 13.1. The van der Waals surface area contributed by atoms with Crippen molar-refractivity contribution in [3.05, 3.63) is 63.7 Å². The summed E-state index contributed by atoms with van der Waals surface area (Å²) in [5.74, 6) is 0.0816. The van der Waals surface area contributed by atoms with E-state index in [0.29, 0.717) is 39.2 Å². The molecule has 1 aliphatic heterocycles. The second kappa shape index (κ2) is 11.3. The van der Waals surface area contributed by atoms with Crippen LogP contribution >= 0.6 is 0 Å². The molecule has 0 unspecified atom stereocenters. The van der Waals surface area contributed by atoms with Crippen molar-refractivity contribution in [1.82, 2.24) is 9.80 Å². The van der Waals surface area contributed by atoms with Gasteiger partial charge in [0.15, 0.2) is 11.5 Å². The number of hydrogen-bond donors (Lipinski definition) is 0. The molecule has 2 aromatic carbocycles. The van der Waals surface area contributed by atoms with Crippen LogP contribution in [-0.2, 0) is 11.2 Å². The van der Waals surface area contributed by atoms with Gasteiger partial charge in [-0.1, -0.05) is 30.3 Å². The van der Waals surface area contributed by atoms with E-state index in [1.165, 1.54) is 29.7 Å². The molecule has 2 aromatic rings. The predicted octanol–water partition coefficient (Wildman–Crippen LogP) is 3.31. The Hall–Kier alpha value is -3.62. The van der Waals surface area contributed by atoms with E-state index >= 15 is 0 Å². The van der Waals surface area contributed by atoms with Crippen molar-refractivity contribution in [3.63, 3.8) is 0 Å². The van der Waals surface area contributed by atoms with Gasteiger partial charge in [0.2, 0.25) is 5.91 Å². The molecule has 1 fully saturated rings. The maximum absolute atomic E-state index is 13.1. The lowest BCUT2D eigenvalue weighted by atomic mass is 10.1. The van der Waals surface area contributed by atoms with Gasteiger partial charge in [-0.15, -0.1) is 0 Å². The lowest BCUT2D eigenvalue weighted by Gasteiger charge is -2.35. The molecule has 9 nitrogen and oxygen atoms in total. The normalized spacial score (nSPS) is 13.5. The highest BCUT2D eigenvalue weighted by Gasteiger charge is 2.30. The van der Waals surface area contributed by atoms with Gasteiger partial charge in [0.25, 0.3) is 11.6 Å². The minimum Gasteiger partial charge on any atom is -0.493 e. The highest BCUT2D eigenvalue weighted by Crippen LogP contribution is 2.35. The number of rotatable bonds is 9. The van der Waals surface area contributed by atoms with E-state index in [4.69, 9.17) is 9.47 Å². The Balaban J connectivity index is 1.60. The summed E-state index contributed by atoms with van der Waals surface area (Å²) in [6.07, 6.45) is 2.05. The second-order valence-electron chi connectivity index (χ2n) is 7.72. The van der Waals surface area contributed by atoms with Crippen LogP contribution in [0.15, 0.2) is 42.5 Å². The van der Waals surface area contributed by atoms with E-state index in [2.05, 4.69) is 0 Å². The summed E-state index contributed by atoms with van der Waals surface area (Å²) in [4.78, 5) is 39.9. The first-order valence-corrected chi connectivity index (χ1v) is 11.0. The molecule has 0 atom stereocenters. The maximum Gasteiger partial charge on any atom is 0.286 e. The fourth-order valence-electron chi connectivity index (χ4n) is 3.88. The zero-order chi connectivity index (χ0) is 23.8. The zero-order valence-corrected chi connectivity index (χ0v) is 19.0. The van der Waals surface area contributed by atoms with Gasteiger partial charge in [0.1, 0.15) is 5.56 Å². The molecule has 0 saturated carbocycles. The summed E-state index contributed by atoms with van der Waals surface area (Å²) in [5, 5.41) is 11.6. The molecule has 33 heavy (non-hydrogen) atoms. The minimum atomic E-state index is -0.596. The van der Waals surface area contributed by atoms with Crippen LogP contribution in [0.1, 0.15) is 35.7 Å². The van der Waals surface area contributed by atoms with Gasteiger partial charge < -0.3 is 19.3 Å². The molecule has 3 rings (SSSR count). The van der Waals surface area contributed by atoms with Gasteiger partial charge in [-0.25, -0.2) is 0 Å². The molecule has 0 aliphatic carbocycles. The largest absolute Gasteiger partial charge is 0.493 e. The van der Waals surface area contributed by atoms with E-state index in [9.17, 15) is 19.7 Å². The van der Waals surface area contributed by atoms with E-state index in [0.717, 1.165) is 12.8 Å². The summed E-state index contributed by atoms with van der Waals surface area (Å²) in [6, 6.07) is 12.6. The second-order valence-corrected chi connectivity index (χ2v) is 7.72. The van der Waals surface area contributed by atoms with Gasteiger partial charge in [0, 0.05) is 38.7 Å². The standard InChI is InChI=1S/C24H29N3O6/c1-3-33-22-17-20(27(30)31)19(16-21(22)32-2)24(29)26-14-12-25(13-15-26)23(28)11-7-10-18-8-5-4-6-9-18/h4-6,8-9,16-17H,3,7,10-15H2,1-2H3. The number of nitrogens with zero attached hydrogens (tertiary/aromatic N) is 3. The predicted molar refractivity (Wildman–Crippen MR) is 123 cm³/mol. The van der Waals surface area contributed by atoms with Gasteiger partial charge in [-0.05, 0) is 25.3 Å². The molecule has 1 aliphatic rings. The van der Waals surface area contributed by atoms with Gasteiger partial charge >= 0.3 is 0 Å². The number of benzene rings is 2. The number of ether oxygens (including phenoxy) is 2. The van der Waals surface area contributed by atoms with Gasteiger partial charge in [-0.3, -0.25) is 19.7 Å². The molecule has 1 saturated heterocycles. The average molecular weight is 456 g/mol. The Labute approximate surface area is 193 Å². The minimum absolute atomic E-state index is 0.0528. The highest BCUT2D eigenvalue weighted by atomic mass is 16.6. The molecule has 0 N–H and O–H groups in total. The number of piperazine rings is 1. The Morgan fingerprint density at radius 3 is 2.30 bits per heavy atom. The van der Waals surface area contributed by atoms with Crippen molar-refractivity contribution in [1.29, 1.82) is 0 Å². The number of amides is 2. The molecule has 176 valence electrons. The molecular formula is C24H29N3O6. The summed E-state index contributed by atoms with van der Waals surface area (Å²) in [7, 11) is 1.42. The third-order valence-electron chi connectivity index (χ3n) is 5.63. The molecule has 0 bridgehead atoms. The van der Waals surface area contributed by atoms with Crippen LogP contribution in [-0.4, -0.2) is 66.4 Å². The lowest BCUT2D eigenvalue weighted by Crippen LogP contribution is -2.50. The number of carbonyl (C=O) groups excluding carboxylic acids is 2. The number of aryl methyl sites for hydroxylation is 1. The van der Waals surface area contributed by atoms with E-state index in [1.54, 1.807) is 11.8 Å². The van der Waals surface area contributed by atoms with Crippen LogP contribution in [0.25, 0.3) is 0 Å². The number of hydrogen-bond acceptors (Lipinski definition) is 6. The van der Waals surface area contributed by atoms with Crippen LogP contribution in [0, 0.1) is 10.1 Å². The molecular weight excluding hydrogens is 426 g/mol. The molecule has 1 heterocycles. The molecule has 2 amide bonds. The smallest absolute Gasteiger partial charge is 0.286 e. The van der Waals surface area contributed by atoms with Crippen LogP contribution in [0.4, 0.5) is 5.69 Å². The monoisotopic (exact) mass is 455 g/mol. The number of nitro benzene ring substituents is 1. The van der Waals surface area contributed by atoms with Gasteiger partial charge in [0.05, 0.1) is 24.7 Å². The van der Waals surface area contributed by atoms with E-state index in [-0.39, 0.29) is 28.7 Å². The van der Waals surface area contributed by atoms with Gasteiger partial charge in [-0.2, -0.15) is 0 Å². The third-order valence-corrected chi connectivity index (χ3v) is 5.63. The van der Waals surface area contributed by atoms with Crippen LogP contribution in [0.3, 0.4) is 0 Å². The summed E-state index contributed by atoms with van der Waals surface area (Å²) < 4.78 is 10.7. The summed E-state index contributed by atoms with van der Waals surface area (Å²) in [6.45, 7) is 3.50. The first-order valence-electron chi connectivity index (χ1n) is 11.0. The highest BCUT2D eigenvalue weighted by molar-refractivity contribution is 5.99. The van der Waals surface area contributed by atoms with Crippen molar-refractivity contribution in [2.75, 3.05) is 39.9 Å². The molecule has 0 radical (unpaired) electrons. The molecule has 9 heteroatoms.